The van der Waals surface area contributed by atoms with Crippen LogP contribution in [0.4, 0.5) is 0 Å². The minimum Gasteiger partial charge on any atom is -0.423 e. The topological polar surface area (TPSA) is 53.4 Å². The first-order valence-corrected chi connectivity index (χ1v) is 3.02. The SMILES string of the molecule is C#Cc1ccc(B(O)O)cn1. The first kappa shape index (κ1) is 7.80. The van der Waals surface area contributed by atoms with Crippen LogP contribution in [0.1, 0.15) is 5.69 Å². The van der Waals surface area contributed by atoms with Crippen LogP contribution in [0.2, 0.25) is 0 Å². The van der Waals surface area contributed by atoms with E-state index in [0.29, 0.717) is 11.2 Å². The lowest BCUT2D eigenvalue weighted by Gasteiger charge is -1.96. The van der Waals surface area contributed by atoms with E-state index in [1.807, 2.05) is 0 Å². The normalized spacial score (nSPS) is 8.82. The number of rotatable bonds is 1. The Morgan fingerprint density at radius 1 is 1.45 bits per heavy atom. The minimum absolute atomic E-state index is 0.337. The van der Waals surface area contributed by atoms with Crippen molar-refractivity contribution in [2.45, 2.75) is 0 Å². The fourth-order valence-electron chi connectivity index (χ4n) is 0.643. The summed E-state index contributed by atoms with van der Waals surface area (Å²) >= 11 is 0. The first-order chi connectivity index (χ1) is 5.24. The molecule has 0 fully saturated rings. The molecular weight excluding hydrogens is 141 g/mol. The molecule has 0 saturated carbocycles. The maximum Gasteiger partial charge on any atom is 0.490 e. The maximum absolute atomic E-state index is 8.65. The molecule has 3 nitrogen and oxygen atoms in total. The van der Waals surface area contributed by atoms with Gasteiger partial charge in [0.05, 0.1) is 0 Å². The largest absolute Gasteiger partial charge is 0.490 e. The molecule has 0 aliphatic rings. The van der Waals surface area contributed by atoms with Crippen molar-refractivity contribution in [3.05, 3.63) is 24.0 Å². The van der Waals surface area contributed by atoms with Gasteiger partial charge in [-0.1, -0.05) is 12.0 Å². The van der Waals surface area contributed by atoms with E-state index in [2.05, 4.69) is 10.9 Å². The quantitative estimate of drug-likeness (QED) is 0.385. The summed E-state index contributed by atoms with van der Waals surface area (Å²) in [7, 11) is -1.48. The molecule has 0 atom stereocenters. The van der Waals surface area contributed by atoms with Crippen LogP contribution < -0.4 is 5.46 Å². The van der Waals surface area contributed by atoms with Crippen molar-refractivity contribution in [1.29, 1.82) is 0 Å². The molecule has 0 bridgehead atoms. The summed E-state index contributed by atoms with van der Waals surface area (Å²) in [4.78, 5) is 3.76. The van der Waals surface area contributed by atoms with Gasteiger partial charge < -0.3 is 10.0 Å². The van der Waals surface area contributed by atoms with Gasteiger partial charge in [0.1, 0.15) is 5.69 Å². The Kier molecular flexibility index (Phi) is 2.26. The van der Waals surface area contributed by atoms with Crippen LogP contribution in [0, 0.1) is 12.3 Å². The van der Waals surface area contributed by atoms with Gasteiger partial charge in [-0.05, 0) is 6.07 Å². The molecule has 0 spiro atoms. The van der Waals surface area contributed by atoms with E-state index >= 15 is 0 Å². The summed E-state index contributed by atoms with van der Waals surface area (Å²) in [6.45, 7) is 0. The van der Waals surface area contributed by atoms with Crippen LogP contribution in [0.5, 0.6) is 0 Å². The van der Waals surface area contributed by atoms with Crippen molar-refractivity contribution < 1.29 is 10.0 Å². The molecule has 2 N–H and O–H groups in total. The number of hydrogen-bond donors (Lipinski definition) is 2. The fourth-order valence-corrected chi connectivity index (χ4v) is 0.643. The average Bonchev–Trinajstić information content (AvgIpc) is 2.05. The zero-order valence-corrected chi connectivity index (χ0v) is 5.73. The summed E-state index contributed by atoms with van der Waals surface area (Å²) in [6, 6.07) is 3.07. The highest BCUT2D eigenvalue weighted by Crippen LogP contribution is 1.87. The average molecular weight is 147 g/mol. The van der Waals surface area contributed by atoms with Gasteiger partial charge in [-0.15, -0.1) is 6.42 Å². The third-order valence-corrected chi connectivity index (χ3v) is 1.23. The van der Waals surface area contributed by atoms with Gasteiger partial charge in [-0.25, -0.2) is 4.98 Å². The molecule has 0 amide bonds. The Morgan fingerprint density at radius 2 is 2.18 bits per heavy atom. The summed E-state index contributed by atoms with van der Waals surface area (Å²) in [5, 5.41) is 17.3. The summed E-state index contributed by atoms with van der Waals surface area (Å²) in [6.07, 6.45) is 6.37. The second kappa shape index (κ2) is 3.19. The molecular formula is C7H6BNO2. The Labute approximate surface area is 64.9 Å². The Hall–Kier alpha value is -1.31. The Morgan fingerprint density at radius 3 is 2.55 bits per heavy atom. The van der Waals surface area contributed by atoms with Gasteiger partial charge in [-0.2, -0.15) is 0 Å². The van der Waals surface area contributed by atoms with Gasteiger partial charge in [-0.3, -0.25) is 0 Å². The van der Waals surface area contributed by atoms with E-state index in [9.17, 15) is 0 Å². The van der Waals surface area contributed by atoms with E-state index in [0.717, 1.165) is 0 Å². The third kappa shape index (κ3) is 1.80. The smallest absolute Gasteiger partial charge is 0.423 e. The molecule has 1 heterocycles. The number of pyridine rings is 1. The zero-order chi connectivity index (χ0) is 8.27. The molecule has 0 saturated heterocycles. The molecule has 0 aliphatic carbocycles. The molecule has 11 heavy (non-hydrogen) atoms. The third-order valence-electron chi connectivity index (χ3n) is 1.23. The lowest BCUT2D eigenvalue weighted by atomic mass is 9.82. The van der Waals surface area contributed by atoms with Crippen LogP contribution in [0.15, 0.2) is 18.3 Å². The van der Waals surface area contributed by atoms with Crippen molar-refractivity contribution >= 4 is 12.6 Å². The predicted molar refractivity (Wildman–Crippen MR) is 42.0 cm³/mol. The number of terminal acetylenes is 1. The lowest BCUT2D eigenvalue weighted by Crippen LogP contribution is -2.29. The van der Waals surface area contributed by atoms with Crippen molar-refractivity contribution in [2.75, 3.05) is 0 Å². The van der Waals surface area contributed by atoms with Crippen LogP contribution in [-0.2, 0) is 0 Å². The van der Waals surface area contributed by atoms with Crippen LogP contribution in [0.25, 0.3) is 0 Å². The van der Waals surface area contributed by atoms with Gasteiger partial charge in [0, 0.05) is 11.7 Å². The van der Waals surface area contributed by atoms with E-state index in [1.54, 1.807) is 6.07 Å². The molecule has 0 aromatic carbocycles. The fraction of sp³-hybridized carbons (Fsp3) is 0. The van der Waals surface area contributed by atoms with Crippen LogP contribution in [-0.4, -0.2) is 22.2 Å². The highest BCUT2D eigenvalue weighted by atomic mass is 16.4. The van der Waals surface area contributed by atoms with Crippen LogP contribution >= 0.6 is 0 Å². The van der Waals surface area contributed by atoms with Gasteiger partial charge in [0.25, 0.3) is 0 Å². The zero-order valence-electron chi connectivity index (χ0n) is 5.73. The second-order valence-corrected chi connectivity index (χ2v) is 1.99. The molecule has 0 radical (unpaired) electrons. The number of hydrogen-bond acceptors (Lipinski definition) is 3. The number of aromatic nitrogens is 1. The maximum atomic E-state index is 8.65. The Bertz CT molecular complexity index is 275. The lowest BCUT2D eigenvalue weighted by molar-refractivity contribution is 0.425. The molecule has 54 valence electrons. The van der Waals surface area contributed by atoms with Crippen LogP contribution in [0.3, 0.4) is 0 Å². The number of nitrogens with zero attached hydrogens (tertiary/aromatic N) is 1. The molecule has 1 aromatic heterocycles. The van der Waals surface area contributed by atoms with E-state index in [4.69, 9.17) is 16.5 Å². The van der Waals surface area contributed by atoms with E-state index in [1.165, 1.54) is 12.3 Å². The van der Waals surface area contributed by atoms with Gasteiger partial charge >= 0.3 is 7.12 Å². The summed E-state index contributed by atoms with van der Waals surface area (Å²) in [5.41, 5.74) is 0.818. The minimum atomic E-state index is -1.48. The van der Waals surface area contributed by atoms with Crippen molar-refractivity contribution in [1.82, 2.24) is 4.98 Å². The van der Waals surface area contributed by atoms with Crippen molar-refractivity contribution in [3.63, 3.8) is 0 Å². The monoisotopic (exact) mass is 147 g/mol. The molecule has 0 unspecified atom stereocenters. The summed E-state index contributed by atoms with van der Waals surface area (Å²) in [5.74, 6) is 2.32. The van der Waals surface area contributed by atoms with Gasteiger partial charge in [0.15, 0.2) is 0 Å². The molecule has 0 aliphatic heterocycles. The van der Waals surface area contributed by atoms with E-state index < -0.39 is 7.12 Å². The Balaban J connectivity index is 2.94. The van der Waals surface area contributed by atoms with E-state index in [-0.39, 0.29) is 0 Å². The van der Waals surface area contributed by atoms with Gasteiger partial charge in [0.2, 0.25) is 0 Å². The first-order valence-electron chi connectivity index (χ1n) is 3.02. The molecule has 4 heteroatoms. The molecule has 1 rings (SSSR count). The summed E-state index contributed by atoms with van der Waals surface area (Å²) < 4.78 is 0. The van der Waals surface area contributed by atoms with Crippen molar-refractivity contribution in [2.24, 2.45) is 0 Å². The second-order valence-electron chi connectivity index (χ2n) is 1.99. The highest BCUT2D eigenvalue weighted by Gasteiger charge is 2.09. The molecule has 1 aromatic rings. The predicted octanol–water partition coefficient (Wildman–Crippen LogP) is -1.26. The standard InChI is InChI=1S/C7H6BNO2/c1-2-7-4-3-6(5-9-7)8(10)11/h1,3-5,10-11H. The van der Waals surface area contributed by atoms with Crippen molar-refractivity contribution in [3.8, 4) is 12.3 Å². The highest BCUT2D eigenvalue weighted by molar-refractivity contribution is 6.58.